The second kappa shape index (κ2) is 10.5. The third kappa shape index (κ3) is 5.13. The molecular formula is C29H24N4O4S2. The van der Waals surface area contributed by atoms with Crippen molar-refractivity contribution in [2.24, 2.45) is 0 Å². The summed E-state index contributed by atoms with van der Waals surface area (Å²) in [4.78, 5) is 33.7. The Balaban J connectivity index is 1.31. The van der Waals surface area contributed by atoms with E-state index >= 15 is 0 Å². The highest BCUT2D eigenvalue weighted by molar-refractivity contribution is 8.26. The number of hydrogen-bond donors (Lipinski definition) is 1. The number of anilines is 1. The van der Waals surface area contributed by atoms with Crippen molar-refractivity contribution < 1.29 is 14.3 Å². The Bertz CT molecular complexity index is 1700. The van der Waals surface area contributed by atoms with Gasteiger partial charge < -0.3 is 14.8 Å². The van der Waals surface area contributed by atoms with Crippen molar-refractivity contribution in [2.75, 3.05) is 18.7 Å². The fraction of sp³-hybridized carbons (Fsp3) is 0.172. The average Bonchev–Trinajstić information content (AvgIpc) is 3.51. The molecule has 1 amide bonds. The van der Waals surface area contributed by atoms with E-state index in [0.29, 0.717) is 44.3 Å². The van der Waals surface area contributed by atoms with Crippen LogP contribution in [0.4, 0.5) is 5.82 Å². The van der Waals surface area contributed by atoms with Crippen molar-refractivity contribution in [3.05, 3.63) is 104 Å². The van der Waals surface area contributed by atoms with Gasteiger partial charge in [-0.1, -0.05) is 66.4 Å². The lowest BCUT2D eigenvalue weighted by atomic mass is 10.1. The predicted molar refractivity (Wildman–Crippen MR) is 156 cm³/mol. The van der Waals surface area contributed by atoms with Crippen molar-refractivity contribution in [3.63, 3.8) is 0 Å². The van der Waals surface area contributed by atoms with Crippen molar-refractivity contribution in [1.82, 2.24) is 14.3 Å². The highest BCUT2D eigenvalue weighted by Crippen LogP contribution is 2.36. The number of fused-ring (bicyclic) bond motifs is 2. The Morgan fingerprint density at radius 1 is 1.05 bits per heavy atom. The summed E-state index contributed by atoms with van der Waals surface area (Å²) in [5.74, 6) is 1.49. The molecule has 0 spiro atoms. The number of thioether (sulfide) groups is 1. The number of carbonyl (C=O) groups excluding carboxylic acids is 1. The molecule has 2 aliphatic rings. The molecule has 0 bridgehead atoms. The number of aromatic nitrogens is 2. The molecular weight excluding hydrogens is 532 g/mol. The fourth-order valence-corrected chi connectivity index (χ4v) is 5.72. The third-order valence-corrected chi connectivity index (χ3v) is 7.86. The van der Waals surface area contributed by atoms with Gasteiger partial charge in [0.15, 0.2) is 11.5 Å². The first kappa shape index (κ1) is 25.1. The maximum absolute atomic E-state index is 13.6. The number of benzene rings is 2. The van der Waals surface area contributed by atoms with E-state index in [-0.39, 0.29) is 24.8 Å². The molecule has 6 rings (SSSR count). The number of ether oxygens (including phenoxy) is 2. The zero-order valence-electron chi connectivity index (χ0n) is 21.0. The molecule has 2 aromatic heterocycles. The lowest BCUT2D eigenvalue weighted by molar-refractivity contribution is -0.122. The number of nitrogens with zero attached hydrogens (tertiary/aromatic N) is 3. The van der Waals surface area contributed by atoms with Gasteiger partial charge in [0.2, 0.25) is 6.79 Å². The molecule has 4 aromatic rings. The minimum Gasteiger partial charge on any atom is -0.454 e. The van der Waals surface area contributed by atoms with Crippen LogP contribution in [0.25, 0.3) is 11.7 Å². The summed E-state index contributed by atoms with van der Waals surface area (Å²) >= 11 is 6.73. The second-order valence-electron chi connectivity index (χ2n) is 9.23. The Morgan fingerprint density at radius 3 is 2.72 bits per heavy atom. The zero-order valence-corrected chi connectivity index (χ0v) is 22.7. The number of rotatable bonds is 7. The van der Waals surface area contributed by atoms with Gasteiger partial charge in [0.25, 0.3) is 11.5 Å². The summed E-state index contributed by atoms with van der Waals surface area (Å²) in [5, 5.41) is 3.32. The predicted octanol–water partition coefficient (Wildman–Crippen LogP) is 4.79. The molecule has 2 aromatic carbocycles. The average molecular weight is 557 g/mol. The van der Waals surface area contributed by atoms with Crippen LogP contribution in [0.3, 0.4) is 0 Å². The molecule has 10 heteroatoms. The van der Waals surface area contributed by atoms with Gasteiger partial charge in [-0.05, 0) is 54.3 Å². The number of pyridine rings is 1. The van der Waals surface area contributed by atoms with E-state index in [1.54, 1.807) is 12.3 Å². The highest BCUT2D eigenvalue weighted by atomic mass is 32.2. The first-order valence-corrected chi connectivity index (χ1v) is 13.6. The molecule has 0 saturated carbocycles. The number of thiocarbonyl (C=S) groups is 1. The van der Waals surface area contributed by atoms with Crippen molar-refractivity contribution in [2.45, 2.75) is 19.9 Å². The van der Waals surface area contributed by atoms with Gasteiger partial charge in [-0.15, -0.1) is 0 Å². The normalized spacial score (nSPS) is 15.5. The van der Waals surface area contributed by atoms with Crippen LogP contribution in [0.1, 0.15) is 22.3 Å². The first-order chi connectivity index (χ1) is 19.0. The second-order valence-corrected chi connectivity index (χ2v) is 10.9. The van der Waals surface area contributed by atoms with E-state index in [0.717, 1.165) is 17.5 Å². The fourth-order valence-electron chi connectivity index (χ4n) is 4.48. The van der Waals surface area contributed by atoms with Crippen LogP contribution in [-0.2, 0) is 17.8 Å². The number of amides is 1. The minimum absolute atomic E-state index is 0.180. The van der Waals surface area contributed by atoms with Gasteiger partial charge in [-0.25, -0.2) is 4.98 Å². The highest BCUT2D eigenvalue weighted by Gasteiger charge is 2.33. The molecule has 1 N–H and O–H groups in total. The summed E-state index contributed by atoms with van der Waals surface area (Å²) in [6.07, 6.45) is 4.11. The van der Waals surface area contributed by atoms with Gasteiger partial charge in [-0.2, -0.15) is 0 Å². The molecule has 2 aliphatic heterocycles. The molecule has 1 fully saturated rings. The summed E-state index contributed by atoms with van der Waals surface area (Å²) in [6.45, 7) is 2.96. The van der Waals surface area contributed by atoms with Crippen molar-refractivity contribution in [1.29, 1.82) is 0 Å². The molecule has 8 nitrogen and oxygen atoms in total. The molecule has 39 heavy (non-hydrogen) atoms. The van der Waals surface area contributed by atoms with Crippen LogP contribution in [0.2, 0.25) is 0 Å². The molecule has 0 atom stereocenters. The van der Waals surface area contributed by atoms with Crippen LogP contribution >= 0.6 is 24.0 Å². The molecule has 0 aliphatic carbocycles. The van der Waals surface area contributed by atoms with Crippen LogP contribution < -0.4 is 20.3 Å². The number of carbonyl (C=O) groups is 1. The SMILES string of the molecule is Cc1ccc2nc(NCCc3ccccc3)c(/C=C3/SC(=S)N(Cc4ccc5c(c4)OCO5)C3=O)c(=O)n2c1. The van der Waals surface area contributed by atoms with Crippen LogP contribution in [0.15, 0.2) is 76.6 Å². The lowest BCUT2D eigenvalue weighted by Gasteiger charge is -2.15. The molecule has 0 unspecified atom stereocenters. The van der Waals surface area contributed by atoms with Gasteiger partial charge in [0.05, 0.1) is 17.0 Å². The van der Waals surface area contributed by atoms with Crippen LogP contribution in [0.5, 0.6) is 11.5 Å². The smallest absolute Gasteiger partial charge is 0.267 e. The lowest BCUT2D eigenvalue weighted by Crippen LogP contribution is -2.27. The van der Waals surface area contributed by atoms with Crippen LogP contribution in [0, 0.1) is 6.92 Å². The Labute approximate surface area is 234 Å². The molecule has 4 heterocycles. The van der Waals surface area contributed by atoms with Crippen molar-refractivity contribution in [3.8, 4) is 11.5 Å². The monoisotopic (exact) mass is 556 g/mol. The van der Waals surface area contributed by atoms with Crippen molar-refractivity contribution >= 4 is 51.7 Å². The Morgan fingerprint density at radius 2 is 1.87 bits per heavy atom. The third-order valence-electron chi connectivity index (χ3n) is 6.48. The van der Waals surface area contributed by atoms with E-state index in [1.165, 1.54) is 26.6 Å². The Hall–Kier alpha value is -4.15. The van der Waals surface area contributed by atoms with Crippen LogP contribution in [-0.4, -0.2) is 37.8 Å². The number of nitrogens with one attached hydrogen (secondary N) is 1. The summed E-state index contributed by atoms with van der Waals surface area (Å²) in [5.41, 5.74) is 3.55. The summed E-state index contributed by atoms with van der Waals surface area (Å²) in [7, 11) is 0. The largest absolute Gasteiger partial charge is 0.454 e. The van der Waals surface area contributed by atoms with E-state index in [1.807, 2.05) is 55.5 Å². The first-order valence-electron chi connectivity index (χ1n) is 12.4. The van der Waals surface area contributed by atoms with E-state index in [9.17, 15) is 9.59 Å². The topological polar surface area (TPSA) is 85.2 Å². The number of aryl methyl sites for hydroxylation is 1. The van der Waals surface area contributed by atoms with E-state index < -0.39 is 0 Å². The zero-order chi connectivity index (χ0) is 26.9. The minimum atomic E-state index is -0.258. The van der Waals surface area contributed by atoms with Gasteiger partial charge >= 0.3 is 0 Å². The standard InChI is InChI=1S/C29H24N4O4S2/c1-18-7-10-25-31-26(30-12-11-19-5-3-2-4-6-19)21(27(34)32(25)15-18)14-24-28(35)33(29(38)39-24)16-20-8-9-22-23(13-20)37-17-36-22/h2-10,13-15,30H,11-12,16-17H2,1H3/b24-14+. The maximum Gasteiger partial charge on any atom is 0.267 e. The summed E-state index contributed by atoms with van der Waals surface area (Å²) in [6, 6.07) is 19.4. The maximum atomic E-state index is 13.6. The summed E-state index contributed by atoms with van der Waals surface area (Å²) < 4.78 is 12.8. The molecule has 0 radical (unpaired) electrons. The molecule has 1 saturated heterocycles. The van der Waals surface area contributed by atoms with Gasteiger partial charge in [0, 0.05) is 12.7 Å². The van der Waals surface area contributed by atoms with Gasteiger partial charge in [-0.3, -0.25) is 18.9 Å². The van der Waals surface area contributed by atoms with E-state index in [4.69, 9.17) is 26.7 Å². The van der Waals surface area contributed by atoms with Gasteiger partial charge in [0.1, 0.15) is 15.8 Å². The number of hydrogen-bond acceptors (Lipinski definition) is 8. The Kier molecular flexibility index (Phi) is 6.80. The van der Waals surface area contributed by atoms with E-state index in [2.05, 4.69) is 17.4 Å². The molecule has 196 valence electrons. The quantitative estimate of drug-likeness (QED) is 0.257.